The predicted molar refractivity (Wildman–Crippen MR) is 108 cm³/mol. The summed E-state index contributed by atoms with van der Waals surface area (Å²) in [5.41, 5.74) is 2.39. The van der Waals surface area contributed by atoms with Gasteiger partial charge in [-0.05, 0) is 49.2 Å². The summed E-state index contributed by atoms with van der Waals surface area (Å²) in [5, 5.41) is 8.41. The zero-order valence-electron chi connectivity index (χ0n) is 15.6. The number of likely N-dealkylation sites (tertiary alicyclic amines) is 1. The molecule has 2 aromatic rings. The second kappa shape index (κ2) is 9.55. The van der Waals surface area contributed by atoms with Crippen LogP contribution >= 0.6 is 0 Å². The molecule has 1 saturated heterocycles. The van der Waals surface area contributed by atoms with Crippen LogP contribution in [-0.4, -0.2) is 42.3 Å². The Labute approximate surface area is 164 Å². The van der Waals surface area contributed by atoms with E-state index in [0.29, 0.717) is 31.6 Å². The molecule has 1 fully saturated rings. The van der Waals surface area contributed by atoms with Crippen LogP contribution in [-0.2, 0) is 14.4 Å². The number of carbonyl (C=O) groups is 3. The summed E-state index contributed by atoms with van der Waals surface area (Å²) in [4.78, 5) is 37.2. The Balaban J connectivity index is 1.39. The van der Waals surface area contributed by atoms with Crippen molar-refractivity contribution in [2.75, 3.05) is 30.3 Å². The Morgan fingerprint density at radius 1 is 0.893 bits per heavy atom. The van der Waals surface area contributed by atoms with E-state index in [4.69, 9.17) is 0 Å². The van der Waals surface area contributed by atoms with Crippen LogP contribution < -0.4 is 16.0 Å². The van der Waals surface area contributed by atoms with Crippen molar-refractivity contribution in [3.63, 3.8) is 0 Å². The normalized spacial score (nSPS) is 13.3. The Kier molecular flexibility index (Phi) is 6.62. The molecule has 0 atom stereocenters. The molecule has 7 heteroatoms. The first-order valence-electron chi connectivity index (χ1n) is 9.41. The third-order valence-corrected chi connectivity index (χ3v) is 4.47. The molecule has 0 unspecified atom stereocenters. The van der Waals surface area contributed by atoms with Crippen molar-refractivity contribution < 1.29 is 14.4 Å². The summed E-state index contributed by atoms with van der Waals surface area (Å²) < 4.78 is 0. The predicted octanol–water partition coefficient (Wildman–Crippen LogP) is 2.50. The average molecular weight is 380 g/mol. The molecule has 0 saturated carbocycles. The van der Waals surface area contributed by atoms with Crippen molar-refractivity contribution in [1.82, 2.24) is 10.2 Å². The van der Waals surface area contributed by atoms with E-state index in [1.54, 1.807) is 17.0 Å². The number of nitrogens with one attached hydrogen (secondary N) is 3. The minimum atomic E-state index is -0.707. The SMILES string of the molecule is O=C(NCCCN1CCCC1=O)C(=O)Nc1ccc(Nc2ccccc2)cc1. The number of hydrogen-bond donors (Lipinski definition) is 3. The van der Waals surface area contributed by atoms with Gasteiger partial charge in [-0.1, -0.05) is 18.2 Å². The zero-order chi connectivity index (χ0) is 19.8. The number of nitrogens with zero attached hydrogens (tertiary/aromatic N) is 1. The lowest BCUT2D eigenvalue weighted by Gasteiger charge is -2.15. The van der Waals surface area contributed by atoms with Crippen LogP contribution in [0.2, 0.25) is 0 Å². The van der Waals surface area contributed by atoms with Crippen molar-refractivity contribution in [2.45, 2.75) is 19.3 Å². The fraction of sp³-hybridized carbons (Fsp3) is 0.286. The van der Waals surface area contributed by atoms with Crippen molar-refractivity contribution >= 4 is 34.8 Å². The molecule has 7 nitrogen and oxygen atoms in total. The Bertz CT molecular complexity index is 821. The first-order valence-corrected chi connectivity index (χ1v) is 9.41. The highest BCUT2D eigenvalue weighted by molar-refractivity contribution is 6.39. The van der Waals surface area contributed by atoms with E-state index in [2.05, 4.69) is 16.0 Å². The molecule has 3 N–H and O–H groups in total. The molecule has 0 bridgehead atoms. The Morgan fingerprint density at radius 2 is 1.57 bits per heavy atom. The van der Waals surface area contributed by atoms with Crippen LogP contribution in [0.3, 0.4) is 0 Å². The highest BCUT2D eigenvalue weighted by Gasteiger charge is 2.19. The molecule has 28 heavy (non-hydrogen) atoms. The van der Waals surface area contributed by atoms with Gasteiger partial charge in [0.15, 0.2) is 0 Å². The van der Waals surface area contributed by atoms with Crippen LogP contribution in [0, 0.1) is 0 Å². The smallest absolute Gasteiger partial charge is 0.313 e. The van der Waals surface area contributed by atoms with E-state index in [1.807, 2.05) is 42.5 Å². The third-order valence-electron chi connectivity index (χ3n) is 4.47. The first-order chi connectivity index (χ1) is 13.6. The fourth-order valence-electron chi connectivity index (χ4n) is 3.01. The number of para-hydroxylation sites is 1. The second-order valence-electron chi connectivity index (χ2n) is 6.62. The highest BCUT2D eigenvalue weighted by Crippen LogP contribution is 2.18. The van der Waals surface area contributed by atoms with Crippen LogP contribution in [0.5, 0.6) is 0 Å². The average Bonchev–Trinajstić information content (AvgIpc) is 3.12. The Morgan fingerprint density at radius 3 is 2.25 bits per heavy atom. The van der Waals surface area contributed by atoms with Crippen molar-refractivity contribution in [3.05, 3.63) is 54.6 Å². The highest BCUT2D eigenvalue weighted by atomic mass is 16.2. The van der Waals surface area contributed by atoms with Gasteiger partial charge in [0.05, 0.1) is 0 Å². The van der Waals surface area contributed by atoms with E-state index in [9.17, 15) is 14.4 Å². The molecule has 2 aromatic carbocycles. The molecule has 1 heterocycles. The number of carbonyl (C=O) groups excluding carboxylic acids is 3. The molecule has 3 rings (SSSR count). The molecule has 146 valence electrons. The molecular weight excluding hydrogens is 356 g/mol. The number of rotatable bonds is 7. The fourth-order valence-corrected chi connectivity index (χ4v) is 3.01. The lowest BCUT2D eigenvalue weighted by atomic mass is 10.2. The van der Waals surface area contributed by atoms with Crippen LogP contribution in [0.25, 0.3) is 0 Å². The molecule has 1 aliphatic heterocycles. The summed E-state index contributed by atoms with van der Waals surface area (Å²) in [6, 6.07) is 16.9. The molecule has 0 aromatic heterocycles. The molecule has 0 aliphatic carbocycles. The van der Waals surface area contributed by atoms with Gasteiger partial charge >= 0.3 is 11.8 Å². The maximum absolute atomic E-state index is 12.0. The van der Waals surface area contributed by atoms with E-state index in [-0.39, 0.29) is 5.91 Å². The molecule has 0 spiro atoms. The van der Waals surface area contributed by atoms with Gasteiger partial charge in [0.2, 0.25) is 5.91 Å². The number of hydrogen-bond acceptors (Lipinski definition) is 4. The van der Waals surface area contributed by atoms with Crippen LogP contribution in [0.15, 0.2) is 54.6 Å². The van der Waals surface area contributed by atoms with Gasteiger partial charge in [0.1, 0.15) is 0 Å². The lowest BCUT2D eigenvalue weighted by Crippen LogP contribution is -2.37. The summed E-state index contributed by atoms with van der Waals surface area (Å²) in [7, 11) is 0. The van der Waals surface area contributed by atoms with Gasteiger partial charge in [-0.2, -0.15) is 0 Å². The summed E-state index contributed by atoms with van der Waals surface area (Å²) in [6.45, 7) is 1.75. The van der Waals surface area contributed by atoms with E-state index in [1.165, 1.54) is 0 Å². The largest absolute Gasteiger partial charge is 0.356 e. The minimum absolute atomic E-state index is 0.161. The van der Waals surface area contributed by atoms with E-state index < -0.39 is 11.8 Å². The lowest BCUT2D eigenvalue weighted by molar-refractivity contribution is -0.136. The maximum atomic E-state index is 12.0. The first kappa shape index (κ1) is 19.4. The van der Waals surface area contributed by atoms with Crippen molar-refractivity contribution in [2.24, 2.45) is 0 Å². The van der Waals surface area contributed by atoms with E-state index >= 15 is 0 Å². The van der Waals surface area contributed by atoms with Gasteiger partial charge in [0, 0.05) is 43.1 Å². The standard InChI is InChI=1S/C21H24N4O3/c26-19-8-4-14-25(19)15-5-13-22-20(27)21(28)24-18-11-9-17(10-12-18)23-16-6-2-1-3-7-16/h1-3,6-7,9-12,23H,4-5,8,13-15H2,(H,22,27)(H,24,28). The summed E-state index contributed by atoms with van der Waals surface area (Å²) in [5.74, 6) is -1.23. The zero-order valence-corrected chi connectivity index (χ0v) is 15.6. The van der Waals surface area contributed by atoms with E-state index in [0.717, 1.165) is 24.3 Å². The maximum Gasteiger partial charge on any atom is 0.313 e. The number of benzene rings is 2. The molecule has 1 aliphatic rings. The van der Waals surface area contributed by atoms with Gasteiger partial charge in [-0.25, -0.2) is 0 Å². The number of anilines is 3. The van der Waals surface area contributed by atoms with Gasteiger partial charge in [-0.15, -0.1) is 0 Å². The van der Waals surface area contributed by atoms with Crippen LogP contribution in [0.1, 0.15) is 19.3 Å². The second-order valence-corrected chi connectivity index (χ2v) is 6.62. The van der Waals surface area contributed by atoms with Crippen molar-refractivity contribution in [1.29, 1.82) is 0 Å². The molecule has 0 radical (unpaired) electrons. The monoisotopic (exact) mass is 380 g/mol. The Hall–Kier alpha value is -3.35. The van der Waals surface area contributed by atoms with Gasteiger partial charge in [-0.3, -0.25) is 14.4 Å². The summed E-state index contributed by atoms with van der Waals surface area (Å²) >= 11 is 0. The molecule has 3 amide bonds. The van der Waals surface area contributed by atoms with Crippen LogP contribution in [0.4, 0.5) is 17.1 Å². The topological polar surface area (TPSA) is 90.5 Å². The minimum Gasteiger partial charge on any atom is -0.356 e. The van der Waals surface area contributed by atoms with Gasteiger partial charge < -0.3 is 20.9 Å². The number of amides is 3. The van der Waals surface area contributed by atoms with Gasteiger partial charge in [0.25, 0.3) is 0 Å². The third kappa shape index (κ3) is 5.57. The summed E-state index contributed by atoms with van der Waals surface area (Å²) in [6.07, 6.45) is 2.13. The molecular formula is C21H24N4O3. The van der Waals surface area contributed by atoms with Crippen molar-refractivity contribution in [3.8, 4) is 0 Å². The quantitative estimate of drug-likeness (QED) is 0.508.